The van der Waals surface area contributed by atoms with Gasteiger partial charge in [-0.25, -0.2) is 5.43 Å². The molecule has 0 bridgehead atoms. The fraction of sp³-hybridized carbons (Fsp3) is 0.250. The lowest BCUT2D eigenvalue weighted by atomic mass is 10.1. The van der Waals surface area contributed by atoms with E-state index in [1.807, 2.05) is 48.3 Å². The summed E-state index contributed by atoms with van der Waals surface area (Å²) in [5.41, 5.74) is 6.24. The van der Waals surface area contributed by atoms with Gasteiger partial charge in [0.15, 0.2) is 0 Å². The number of nitriles is 1. The Bertz CT molecular complexity index is 758. The van der Waals surface area contributed by atoms with E-state index >= 15 is 0 Å². The van der Waals surface area contributed by atoms with Gasteiger partial charge in [-0.15, -0.1) is 0 Å². The second-order valence-corrected chi connectivity index (χ2v) is 5.67. The quantitative estimate of drug-likeness (QED) is 0.623. The van der Waals surface area contributed by atoms with Crippen molar-refractivity contribution in [2.24, 2.45) is 5.10 Å². The van der Waals surface area contributed by atoms with Crippen LogP contribution in [0.15, 0.2) is 53.6 Å². The summed E-state index contributed by atoms with van der Waals surface area (Å²) in [6.45, 7) is 2.77. The van der Waals surface area contributed by atoms with E-state index < -0.39 is 0 Å². The third-order valence-electron chi connectivity index (χ3n) is 3.90. The van der Waals surface area contributed by atoms with Gasteiger partial charge in [0, 0.05) is 24.8 Å². The van der Waals surface area contributed by atoms with Gasteiger partial charge in [0.25, 0.3) is 5.91 Å². The van der Waals surface area contributed by atoms with E-state index in [1.54, 1.807) is 18.3 Å². The normalized spacial score (nSPS) is 10.4. The smallest absolute Gasteiger partial charge is 0.271 e. The highest BCUT2D eigenvalue weighted by molar-refractivity contribution is 5.94. The molecule has 1 N–H and O–H groups in total. The van der Waals surface area contributed by atoms with Crippen molar-refractivity contribution in [3.63, 3.8) is 0 Å². The molecule has 1 amide bonds. The van der Waals surface area contributed by atoms with Crippen molar-refractivity contribution in [1.82, 2.24) is 5.43 Å². The molecule has 0 aromatic heterocycles. The van der Waals surface area contributed by atoms with Crippen LogP contribution in [0.4, 0.5) is 5.69 Å². The van der Waals surface area contributed by atoms with Crippen molar-refractivity contribution in [1.29, 1.82) is 5.26 Å². The summed E-state index contributed by atoms with van der Waals surface area (Å²) in [7, 11) is 1.95. The van der Waals surface area contributed by atoms with E-state index in [0.29, 0.717) is 18.5 Å². The highest BCUT2D eigenvalue weighted by atomic mass is 16.2. The number of hydrogen-bond donors (Lipinski definition) is 1. The number of hydrazone groups is 1. The maximum absolute atomic E-state index is 12.0. The molecule has 2 aromatic rings. The Morgan fingerprint density at radius 3 is 2.48 bits per heavy atom. The van der Waals surface area contributed by atoms with E-state index in [9.17, 15) is 4.79 Å². The van der Waals surface area contributed by atoms with Crippen molar-refractivity contribution >= 4 is 17.8 Å². The Morgan fingerprint density at radius 1 is 1.20 bits per heavy atom. The van der Waals surface area contributed by atoms with Gasteiger partial charge in [-0.2, -0.15) is 10.4 Å². The summed E-state index contributed by atoms with van der Waals surface area (Å²) in [5.74, 6) is -0.230. The first-order chi connectivity index (χ1) is 12.1. The number of aryl methyl sites for hydroxylation is 1. The van der Waals surface area contributed by atoms with Crippen LogP contribution in [0.3, 0.4) is 0 Å². The third-order valence-corrected chi connectivity index (χ3v) is 3.90. The van der Waals surface area contributed by atoms with E-state index in [0.717, 1.165) is 17.7 Å². The van der Waals surface area contributed by atoms with Crippen LogP contribution in [0.5, 0.6) is 0 Å². The third kappa shape index (κ3) is 5.47. The minimum atomic E-state index is -0.230. The van der Waals surface area contributed by atoms with Crippen LogP contribution >= 0.6 is 0 Å². The molecule has 0 aliphatic carbocycles. The van der Waals surface area contributed by atoms with Gasteiger partial charge in [0.05, 0.1) is 18.7 Å². The fourth-order valence-corrected chi connectivity index (χ4v) is 2.28. The molecule has 5 nitrogen and oxygen atoms in total. The number of benzene rings is 2. The van der Waals surface area contributed by atoms with Crippen molar-refractivity contribution in [3.05, 3.63) is 65.2 Å². The molecule has 0 heterocycles. The molecule has 0 radical (unpaired) electrons. The van der Waals surface area contributed by atoms with Crippen molar-refractivity contribution in [2.75, 3.05) is 18.5 Å². The van der Waals surface area contributed by atoms with Gasteiger partial charge >= 0.3 is 0 Å². The minimum Gasteiger partial charge on any atom is -0.374 e. The van der Waals surface area contributed by atoms with Gasteiger partial charge < -0.3 is 4.90 Å². The van der Waals surface area contributed by atoms with Crippen LogP contribution in [0.1, 0.15) is 34.8 Å². The van der Waals surface area contributed by atoms with Crippen molar-refractivity contribution < 1.29 is 4.79 Å². The largest absolute Gasteiger partial charge is 0.374 e. The predicted molar refractivity (Wildman–Crippen MR) is 101 cm³/mol. The zero-order chi connectivity index (χ0) is 18.1. The number of hydrogen-bond acceptors (Lipinski definition) is 4. The summed E-state index contributed by atoms with van der Waals surface area (Å²) in [6, 6.07) is 17.4. The van der Waals surface area contributed by atoms with Gasteiger partial charge in [0.2, 0.25) is 0 Å². The van der Waals surface area contributed by atoms with E-state index in [1.165, 1.54) is 5.56 Å². The predicted octanol–water partition coefficient (Wildman–Crippen LogP) is 3.36. The lowest BCUT2D eigenvalue weighted by molar-refractivity contribution is 0.0955. The molecule has 0 atom stereocenters. The summed E-state index contributed by atoms with van der Waals surface area (Å²) < 4.78 is 0. The average Bonchev–Trinajstić information content (AvgIpc) is 2.66. The van der Waals surface area contributed by atoms with Crippen molar-refractivity contribution in [2.45, 2.75) is 19.8 Å². The first kappa shape index (κ1) is 18.2. The number of anilines is 1. The summed E-state index contributed by atoms with van der Waals surface area (Å²) in [4.78, 5) is 14.0. The molecule has 0 unspecified atom stereocenters. The van der Waals surface area contributed by atoms with Gasteiger partial charge in [0.1, 0.15) is 0 Å². The highest BCUT2D eigenvalue weighted by Crippen LogP contribution is 2.13. The second kappa shape index (κ2) is 9.24. The Kier molecular flexibility index (Phi) is 6.73. The van der Waals surface area contributed by atoms with Crippen LogP contribution in [0.2, 0.25) is 0 Å². The van der Waals surface area contributed by atoms with Crippen molar-refractivity contribution in [3.8, 4) is 6.07 Å². The standard InChI is InChI=1S/C20H22N4O/c1-3-16-5-9-18(10-6-16)20(25)23-22-15-17-7-11-19(12-8-17)24(2)14-4-13-21/h5-12,15H,3-4,14H2,1-2H3,(H,23,25)/b22-15-. The van der Waals surface area contributed by atoms with Crippen LogP contribution in [0, 0.1) is 11.3 Å². The van der Waals surface area contributed by atoms with E-state index in [4.69, 9.17) is 5.26 Å². The molecule has 0 aliphatic heterocycles. The molecular formula is C20H22N4O. The first-order valence-electron chi connectivity index (χ1n) is 8.24. The maximum Gasteiger partial charge on any atom is 0.271 e. The van der Waals surface area contributed by atoms with E-state index in [2.05, 4.69) is 23.5 Å². The zero-order valence-electron chi connectivity index (χ0n) is 14.6. The Balaban J connectivity index is 1.90. The van der Waals surface area contributed by atoms with Crippen LogP contribution < -0.4 is 10.3 Å². The summed E-state index contributed by atoms with van der Waals surface area (Å²) >= 11 is 0. The van der Waals surface area contributed by atoms with E-state index in [-0.39, 0.29) is 5.91 Å². The average molecular weight is 334 g/mol. The second-order valence-electron chi connectivity index (χ2n) is 5.67. The van der Waals surface area contributed by atoms with Gasteiger partial charge in [-0.05, 0) is 41.8 Å². The zero-order valence-corrected chi connectivity index (χ0v) is 14.6. The molecule has 0 saturated heterocycles. The molecule has 0 spiro atoms. The van der Waals surface area contributed by atoms with Crippen LogP contribution in [-0.4, -0.2) is 25.7 Å². The molecule has 0 saturated carbocycles. The number of amides is 1. The molecule has 5 heteroatoms. The fourth-order valence-electron chi connectivity index (χ4n) is 2.28. The number of nitrogens with one attached hydrogen (secondary N) is 1. The topological polar surface area (TPSA) is 68.5 Å². The molecule has 2 rings (SSSR count). The Hall–Kier alpha value is -3.13. The number of nitrogens with zero attached hydrogens (tertiary/aromatic N) is 3. The lowest BCUT2D eigenvalue weighted by Crippen LogP contribution is -2.18. The number of carbonyl (C=O) groups excluding carboxylic acids is 1. The summed E-state index contributed by atoms with van der Waals surface area (Å²) in [6.07, 6.45) is 3.05. The maximum atomic E-state index is 12.0. The Labute approximate surface area is 148 Å². The monoisotopic (exact) mass is 334 g/mol. The highest BCUT2D eigenvalue weighted by Gasteiger charge is 2.03. The number of rotatable bonds is 7. The molecule has 0 fully saturated rings. The van der Waals surface area contributed by atoms with Gasteiger partial charge in [-0.3, -0.25) is 4.79 Å². The molecule has 2 aromatic carbocycles. The molecule has 0 aliphatic rings. The lowest BCUT2D eigenvalue weighted by Gasteiger charge is -2.17. The Morgan fingerprint density at radius 2 is 1.88 bits per heavy atom. The molecule has 25 heavy (non-hydrogen) atoms. The molecular weight excluding hydrogens is 312 g/mol. The van der Waals surface area contributed by atoms with Crippen LogP contribution in [0.25, 0.3) is 0 Å². The summed E-state index contributed by atoms with van der Waals surface area (Å²) in [5, 5.41) is 12.6. The number of carbonyl (C=O) groups is 1. The molecule has 128 valence electrons. The minimum absolute atomic E-state index is 0.230. The van der Waals surface area contributed by atoms with Gasteiger partial charge in [-0.1, -0.05) is 31.2 Å². The first-order valence-corrected chi connectivity index (χ1v) is 8.24. The SMILES string of the molecule is CCc1ccc(C(=O)N/N=C\c2ccc(N(C)CCC#N)cc2)cc1. The van der Waals surface area contributed by atoms with Crippen LogP contribution in [-0.2, 0) is 6.42 Å².